The van der Waals surface area contributed by atoms with Crippen LogP contribution in [-0.2, 0) is 9.53 Å². The molecule has 1 saturated carbocycles. The van der Waals surface area contributed by atoms with Gasteiger partial charge in [-0.25, -0.2) is 0 Å². The number of hydrogen-bond acceptors (Lipinski definition) is 4. The molecule has 4 heteroatoms. The molecule has 0 atom stereocenters. The summed E-state index contributed by atoms with van der Waals surface area (Å²) in [5, 5.41) is 0. The maximum Gasteiger partial charge on any atom is 0.320 e. The van der Waals surface area contributed by atoms with Crippen LogP contribution >= 0.6 is 0 Å². The van der Waals surface area contributed by atoms with Crippen molar-refractivity contribution in [1.82, 2.24) is 9.80 Å². The normalized spacial score (nSPS) is 15.6. The molecule has 100 valence electrons. The maximum atomic E-state index is 11.5. The third kappa shape index (κ3) is 5.50. The summed E-state index contributed by atoms with van der Waals surface area (Å²) in [5.74, 6) is -0.0843. The molecule has 1 fully saturated rings. The number of esters is 1. The number of hydrogen-bond donors (Lipinski definition) is 0. The Morgan fingerprint density at radius 2 is 1.82 bits per heavy atom. The lowest BCUT2D eigenvalue weighted by atomic mass is 10.4. The van der Waals surface area contributed by atoms with Crippen molar-refractivity contribution >= 4 is 5.97 Å². The number of rotatable bonds is 9. The smallest absolute Gasteiger partial charge is 0.320 e. The molecule has 0 radical (unpaired) electrons. The second kappa shape index (κ2) is 7.67. The molecule has 0 aromatic heterocycles. The van der Waals surface area contributed by atoms with E-state index in [1.807, 2.05) is 6.92 Å². The number of ether oxygens (including phenoxy) is 1. The Morgan fingerprint density at radius 3 is 2.29 bits per heavy atom. The van der Waals surface area contributed by atoms with Crippen molar-refractivity contribution in [3.63, 3.8) is 0 Å². The Balaban J connectivity index is 2.30. The van der Waals surface area contributed by atoms with Gasteiger partial charge in [-0.2, -0.15) is 0 Å². The minimum atomic E-state index is -0.0843. The van der Waals surface area contributed by atoms with Crippen LogP contribution in [0.3, 0.4) is 0 Å². The van der Waals surface area contributed by atoms with Crippen molar-refractivity contribution in [1.29, 1.82) is 0 Å². The zero-order chi connectivity index (χ0) is 12.7. The van der Waals surface area contributed by atoms with Crippen molar-refractivity contribution < 1.29 is 9.53 Å². The van der Waals surface area contributed by atoms with E-state index in [1.54, 1.807) is 0 Å². The standard InChI is InChI=1S/C13H26N2O2/c1-4-14(5-2)9-10-15(12-7-8-12)11-13(16)17-6-3/h12H,4-11H2,1-3H3. The van der Waals surface area contributed by atoms with Gasteiger partial charge < -0.3 is 9.64 Å². The summed E-state index contributed by atoms with van der Waals surface area (Å²) in [6, 6.07) is 0.620. The van der Waals surface area contributed by atoms with E-state index >= 15 is 0 Å². The predicted molar refractivity (Wildman–Crippen MR) is 69.0 cm³/mol. The predicted octanol–water partition coefficient (Wildman–Crippen LogP) is 1.36. The van der Waals surface area contributed by atoms with E-state index in [4.69, 9.17) is 4.74 Å². The molecule has 0 saturated heterocycles. The topological polar surface area (TPSA) is 32.8 Å². The summed E-state index contributed by atoms with van der Waals surface area (Å²) in [4.78, 5) is 16.2. The van der Waals surface area contributed by atoms with Crippen LogP contribution in [0.1, 0.15) is 33.6 Å². The van der Waals surface area contributed by atoms with Crippen LogP contribution in [0, 0.1) is 0 Å². The van der Waals surface area contributed by atoms with Gasteiger partial charge in [-0.15, -0.1) is 0 Å². The zero-order valence-corrected chi connectivity index (χ0v) is 11.4. The Morgan fingerprint density at radius 1 is 1.18 bits per heavy atom. The van der Waals surface area contributed by atoms with Gasteiger partial charge in [0.05, 0.1) is 13.2 Å². The molecule has 0 aromatic rings. The molecule has 0 aliphatic heterocycles. The van der Waals surface area contributed by atoms with E-state index in [-0.39, 0.29) is 5.97 Å². The fraction of sp³-hybridized carbons (Fsp3) is 0.923. The third-order valence-corrected chi connectivity index (χ3v) is 3.30. The Labute approximate surface area is 105 Å². The lowest BCUT2D eigenvalue weighted by Gasteiger charge is -2.25. The Hall–Kier alpha value is -0.610. The quantitative estimate of drug-likeness (QED) is 0.572. The Kier molecular flexibility index (Phi) is 6.52. The molecular formula is C13H26N2O2. The minimum absolute atomic E-state index is 0.0843. The number of likely N-dealkylation sites (N-methyl/N-ethyl adjacent to an activating group) is 1. The Bertz CT molecular complexity index is 225. The van der Waals surface area contributed by atoms with E-state index in [9.17, 15) is 4.79 Å². The number of carbonyl (C=O) groups is 1. The summed E-state index contributed by atoms with van der Waals surface area (Å²) in [6.45, 7) is 11.3. The van der Waals surface area contributed by atoms with Crippen LogP contribution in [-0.4, -0.2) is 61.1 Å². The molecule has 0 unspecified atom stereocenters. The zero-order valence-electron chi connectivity index (χ0n) is 11.4. The first-order valence-corrected chi connectivity index (χ1v) is 6.83. The van der Waals surface area contributed by atoms with Crippen LogP contribution in [0.5, 0.6) is 0 Å². The average molecular weight is 242 g/mol. The molecule has 17 heavy (non-hydrogen) atoms. The molecule has 1 aliphatic carbocycles. The maximum absolute atomic E-state index is 11.5. The van der Waals surface area contributed by atoms with E-state index in [1.165, 1.54) is 12.8 Å². The van der Waals surface area contributed by atoms with Crippen LogP contribution < -0.4 is 0 Å². The van der Waals surface area contributed by atoms with Gasteiger partial charge in [0, 0.05) is 19.1 Å². The van der Waals surface area contributed by atoms with Crippen molar-refractivity contribution in [2.24, 2.45) is 0 Å². The molecule has 0 N–H and O–H groups in total. The lowest BCUT2D eigenvalue weighted by molar-refractivity contribution is -0.144. The monoisotopic (exact) mass is 242 g/mol. The molecule has 0 amide bonds. The van der Waals surface area contributed by atoms with Gasteiger partial charge in [0.2, 0.25) is 0 Å². The molecule has 4 nitrogen and oxygen atoms in total. The molecule has 1 rings (SSSR count). The summed E-state index contributed by atoms with van der Waals surface area (Å²) >= 11 is 0. The highest BCUT2D eigenvalue weighted by atomic mass is 16.5. The number of nitrogens with zero attached hydrogens (tertiary/aromatic N) is 2. The van der Waals surface area contributed by atoms with Gasteiger partial charge in [0.25, 0.3) is 0 Å². The highest BCUT2D eigenvalue weighted by Crippen LogP contribution is 2.26. The first-order valence-electron chi connectivity index (χ1n) is 6.83. The molecular weight excluding hydrogens is 216 g/mol. The average Bonchev–Trinajstić information content (AvgIpc) is 3.13. The van der Waals surface area contributed by atoms with E-state index < -0.39 is 0 Å². The fourth-order valence-corrected chi connectivity index (χ4v) is 2.01. The van der Waals surface area contributed by atoms with Crippen molar-refractivity contribution in [3.05, 3.63) is 0 Å². The van der Waals surface area contributed by atoms with Crippen molar-refractivity contribution in [2.45, 2.75) is 39.7 Å². The minimum Gasteiger partial charge on any atom is -0.465 e. The largest absolute Gasteiger partial charge is 0.465 e. The first-order chi connectivity index (χ1) is 8.21. The third-order valence-electron chi connectivity index (χ3n) is 3.30. The van der Waals surface area contributed by atoms with E-state index in [0.29, 0.717) is 19.2 Å². The first kappa shape index (κ1) is 14.5. The van der Waals surface area contributed by atoms with Crippen LogP contribution in [0.2, 0.25) is 0 Å². The lowest BCUT2D eigenvalue weighted by Crippen LogP contribution is -2.39. The highest BCUT2D eigenvalue weighted by molar-refractivity contribution is 5.71. The van der Waals surface area contributed by atoms with Crippen LogP contribution in [0.4, 0.5) is 0 Å². The molecule has 0 heterocycles. The van der Waals surface area contributed by atoms with Gasteiger partial charge in [0.1, 0.15) is 0 Å². The van der Waals surface area contributed by atoms with Gasteiger partial charge in [-0.3, -0.25) is 9.69 Å². The second-order valence-electron chi connectivity index (χ2n) is 4.53. The summed E-state index contributed by atoms with van der Waals surface area (Å²) in [6.07, 6.45) is 2.47. The SMILES string of the molecule is CCOC(=O)CN(CCN(CC)CC)C1CC1. The van der Waals surface area contributed by atoms with Crippen LogP contribution in [0.15, 0.2) is 0 Å². The number of carbonyl (C=O) groups excluding carboxylic acids is 1. The highest BCUT2D eigenvalue weighted by Gasteiger charge is 2.30. The van der Waals surface area contributed by atoms with Gasteiger partial charge in [-0.05, 0) is 32.9 Å². The van der Waals surface area contributed by atoms with Crippen LogP contribution in [0.25, 0.3) is 0 Å². The van der Waals surface area contributed by atoms with E-state index in [2.05, 4.69) is 23.6 Å². The molecule has 1 aliphatic rings. The van der Waals surface area contributed by atoms with Crippen molar-refractivity contribution in [3.8, 4) is 0 Å². The molecule has 0 aromatic carbocycles. The fourth-order valence-electron chi connectivity index (χ4n) is 2.01. The van der Waals surface area contributed by atoms with Crippen molar-refractivity contribution in [2.75, 3.05) is 39.3 Å². The molecule has 0 spiro atoms. The van der Waals surface area contributed by atoms with Gasteiger partial charge in [0.15, 0.2) is 0 Å². The van der Waals surface area contributed by atoms with E-state index in [0.717, 1.165) is 26.2 Å². The molecule has 0 bridgehead atoms. The summed E-state index contributed by atoms with van der Waals surface area (Å²) in [7, 11) is 0. The van der Waals surface area contributed by atoms with Gasteiger partial charge in [-0.1, -0.05) is 13.8 Å². The summed E-state index contributed by atoms with van der Waals surface area (Å²) < 4.78 is 5.02. The summed E-state index contributed by atoms with van der Waals surface area (Å²) in [5.41, 5.74) is 0. The second-order valence-corrected chi connectivity index (χ2v) is 4.53. The van der Waals surface area contributed by atoms with Gasteiger partial charge >= 0.3 is 5.97 Å².